The van der Waals surface area contributed by atoms with Crippen molar-refractivity contribution in [1.29, 1.82) is 0 Å². The Labute approximate surface area is 169 Å². The fraction of sp³-hybridized carbons (Fsp3) is 0.263. The lowest BCUT2D eigenvalue weighted by Crippen LogP contribution is -2.24. The largest absolute Gasteiger partial charge is 0.497 e. The van der Waals surface area contributed by atoms with Gasteiger partial charge in [0.05, 0.1) is 34.9 Å². The number of rotatable bonds is 4. The Kier molecular flexibility index (Phi) is 5.67. The van der Waals surface area contributed by atoms with E-state index in [1.807, 2.05) is 36.4 Å². The number of ether oxygens (including phenoxy) is 2. The topological polar surface area (TPSA) is 51.1 Å². The Morgan fingerprint density at radius 1 is 1.12 bits per heavy atom. The van der Waals surface area contributed by atoms with E-state index in [4.69, 9.17) is 9.47 Å². The van der Waals surface area contributed by atoms with Gasteiger partial charge in [-0.2, -0.15) is 5.10 Å². The van der Waals surface area contributed by atoms with Gasteiger partial charge in [0, 0.05) is 18.9 Å². The highest BCUT2D eigenvalue weighted by atomic mass is 79.9. The lowest BCUT2D eigenvalue weighted by molar-refractivity contribution is -0.130. The molecular weight excluding hydrogens is 464 g/mol. The lowest BCUT2D eigenvalue weighted by Gasteiger charge is -2.20. The number of hydrazone groups is 1. The van der Waals surface area contributed by atoms with Crippen molar-refractivity contribution in [3.05, 3.63) is 56.5 Å². The molecule has 26 heavy (non-hydrogen) atoms. The van der Waals surface area contributed by atoms with Gasteiger partial charge in [0.1, 0.15) is 11.5 Å². The summed E-state index contributed by atoms with van der Waals surface area (Å²) in [6, 6.07) is 11.5. The van der Waals surface area contributed by atoms with E-state index in [9.17, 15) is 4.79 Å². The second kappa shape index (κ2) is 7.80. The van der Waals surface area contributed by atoms with Crippen LogP contribution in [0, 0.1) is 0 Å². The summed E-state index contributed by atoms with van der Waals surface area (Å²) in [4.78, 5) is 12.1. The Bertz CT molecular complexity index is 843. The smallest absolute Gasteiger partial charge is 0.240 e. The van der Waals surface area contributed by atoms with Gasteiger partial charge in [0.25, 0.3) is 0 Å². The van der Waals surface area contributed by atoms with E-state index >= 15 is 0 Å². The number of hydrogen-bond donors (Lipinski definition) is 0. The number of halogens is 2. The van der Waals surface area contributed by atoms with Crippen molar-refractivity contribution in [2.75, 3.05) is 14.2 Å². The van der Waals surface area contributed by atoms with Gasteiger partial charge in [-0.25, -0.2) is 5.01 Å². The van der Waals surface area contributed by atoms with Crippen molar-refractivity contribution in [3.63, 3.8) is 0 Å². The minimum atomic E-state index is -0.131. The first kappa shape index (κ1) is 18.9. The molecule has 7 heteroatoms. The molecule has 0 spiro atoms. The molecule has 2 aromatic carbocycles. The van der Waals surface area contributed by atoms with E-state index < -0.39 is 0 Å². The summed E-state index contributed by atoms with van der Waals surface area (Å²) in [5.74, 6) is 1.42. The number of benzene rings is 2. The molecule has 1 unspecified atom stereocenters. The van der Waals surface area contributed by atoms with Gasteiger partial charge < -0.3 is 9.47 Å². The highest BCUT2D eigenvalue weighted by molar-refractivity contribution is 9.11. The third kappa shape index (κ3) is 3.64. The van der Waals surface area contributed by atoms with Crippen molar-refractivity contribution < 1.29 is 14.3 Å². The van der Waals surface area contributed by atoms with Gasteiger partial charge in [-0.15, -0.1) is 0 Å². The number of carbonyl (C=O) groups is 1. The second-order valence-corrected chi connectivity index (χ2v) is 7.59. The van der Waals surface area contributed by atoms with Gasteiger partial charge in [-0.3, -0.25) is 4.79 Å². The number of hydrogen-bond acceptors (Lipinski definition) is 4. The normalized spacial score (nSPS) is 16.4. The maximum absolute atomic E-state index is 12.1. The van der Waals surface area contributed by atoms with Gasteiger partial charge in [-0.05, 0) is 61.7 Å². The first-order chi connectivity index (χ1) is 12.4. The van der Waals surface area contributed by atoms with Crippen LogP contribution >= 0.6 is 31.9 Å². The van der Waals surface area contributed by atoms with Crippen LogP contribution in [0.15, 0.2) is 50.4 Å². The van der Waals surface area contributed by atoms with Crippen LogP contribution in [0.5, 0.6) is 11.5 Å². The molecule has 3 rings (SSSR count). The van der Waals surface area contributed by atoms with E-state index in [0.29, 0.717) is 6.42 Å². The van der Waals surface area contributed by atoms with Crippen molar-refractivity contribution in [3.8, 4) is 11.5 Å². The zero-order chi connectivity index (χ0) is 18.8. The molecule has 0 saturated heterocycles. The Balaban J connectivity index is 1.95. The van der Waals surface area contributed by atoms with E-state index in [0.717, 1.165) is 37.3 Å². The van der Waals surface area contributed by atoms with Crippen molar-refractivity contribution >= 4 is 43.5 Å². The lowest BCUT2D eigenvalue weighted by atomic mass is 9.98. The molecule has 1 amide bonds. The van der Waals surface area contributed by atoms with Crippen LogP contribution in [0.25, 0.3) is 0 Å². The number of nitrogens with zero attached hydrogens (tertiary/aromatic N) is 2. The molecular formula is C19H18Br2N2O3. The molecule has 0 aliphatic carbocycles. The third-order valence-corrected chi connectivity index (χ3v) is 5.45. The van der Waals surface area contributed by atoms with Crippen molar-refractivity contribution in [2.45, 2.75) is 19.4 Å². The molecule has 0 aromatic heterocycles. The highest BCUT2D eigenvalue weighted by Crippen LogP contribution is 2.38. The highest BCUT2D eigenvalue weighted by Gasteiger charge is 2.31. The fourth-order valence-corrected chi connectivity index (χ4v) is 4.49. The maximum Gasteiger partial charge on any atom is 0.240 e. The van der Waals surface area contributed by atoms with E-state index in [1.54, 1.807) is 19.2 Å². The summed E-state index contributed by atoms with van der Waals surface area (Å²) in [5.41, 5.74) is 2.81. The van der Waals surface area contributed by atoms with E-state index in [-0.39, 0.29) is 11.9 Å². The first-order valence-electron chi connectivity index (χ1n) is 7.99. The predicted octanol–water partition coefficient (Wildman–Crippen LogP) is 4.93. The average molecular weight is 482 g/mol. The fourth-order valence-electron chi connectivity index (χ4n) is 2.98. The Morgan fingerprint density at radius 2 is 1.73 bits per heavy atom. The van der Waals surface area contributed by atoms with Gasteiger partial charge in [0.2, 0.25) is 5.91 Å². The van der Waals surface area contributed by atoms with Crippen LogP contribution in [0.4, 0.5) is 0 Å². The number of amides is 1. The van der Waals surface area contributed by atoms with Gasteiger partial charge >= 0.3 is 0 Å². The van der Waals surface area contributed by atoms with Crippen LogP contribution in [0.1, 0.15) is 30.5 Å². The molecule has 0 radical (unpaired) electrons. The first-order valence-corrected chi connectivity index (χ1v) is 9.57. The van der Waals surface area contributed by atoms with Gasteiger partial charge in [-0.1, -0.05) is 12.1 Å². The molecule has 0 saturated carbocycles. The molecule has 1 atom stereocenters. The SMILES string of the molecule is COc1ccc(C2CC(c3cc(Br)c(OC)c(Br)c3)=NN2C(C)=O)cc1. The third-order valence-electron chi connectivity index (χ3n) is 4.27. The predicted molar refractivity (Wildman–Crippen MR) is 108 cm³/mol. The minimum Gasteiger partial charge on any atom is -0.497 e. The number of methoxy groups -OCH3 is 2. The number of carbonyl (C=O) groups excluding carboxylic acids is 1. The standard InChI is InChI=1S/C19H18Br2N2O3/c1-11(24)23-18(12-4-6-14(25-2)7-5-12)10-17(22-23)13-8-15(20)19(26-3)16(21)9-13/h4-9,18H,10H2,1-3H3. The summed E-state index contributed by atoms with van der Waals surface area (Å²) in [7, 11) is 3.25. The Morgan fingerprint density at radius 3 is 2.23 bits per heavy atom. The summed E-state index contributed by atoms with van der Waals surface area (Å²) < 4.78 is 12.2. The zero-order valence-electron chi connectivity index (χ0n) is 14.6. The zero-order valence-corrected chi connectivity index (χ0v) is 17.8. The van der Waals surface area contributed by atoms with Gasteiger partial charge in [0.15, 0.2) is 0 Å². The summed E-state index contributed by atoms with van der Waals surface area (Å²) >= 11 is 7.04. The van der Waals surface area contributed by atoms with Crippen LogP contribution in [0.2, 0.25) is 0 Å². The quantitative estimate of drug-likeness (QED) is 0.622. The molecule has 0 N–H and O–H groups in total. The second-order valence-electron chi connectivity index (χ2n) is 5.88. The average Bonchev–Trinajstić information content (AvgIpc) is 3.07. The molecule has 0 bridgehead atoms. The molecule has 1 aliphatic rings. The molecule has 1 aliphatic heterocycles. The summed E-state index contributed by atoms with van der Waals surface area (Å²) in [5, 5.41) is 6.13. The summed E-state index contributed by atoms with van der Waals surface area (Å²) in [6.45, 7) is 1.53. The summed E-state index contributed by atoms with van der Waals surface area (Å²) in [6.07, 6.45) is 0.636. The maximum atomic E-state index is 12.1. The van der Waals surface area contributed by atoms with Crippen LogP contribution in [-0.4, -0.2) is 30.8 Å². The Hall–Kier alpha value is -1.86. The van der Waals surface area contributed by atoms with Crippen molar-refractivity contribution in [2.24, 2.45) is 5.10 Å². The van der Waals surface area contributed by atoms with Crippen LogP contribution in [0.3, 0.4) is 0 Å². The monoisotopic (exact) mass is 480 g/mol. The minimum absolute atomic E-state index is 0.0903. The molecule has 5 nitrogen and oxygen atoms in total. The molecule has 1 heterocycles. The van der Waals surface area contributed by atoms with E-state index in [2.05, 4.69) is 37.0 Å². The van der Waals surface area contributed by atoms with E-state index in [1.165, 1.54) is 6.92 Å². The van der Waals surface area contributed by atoms with Crippen LogP contribution < -0.4 is 9.47 Å². The molecule has 2 aromatic rings. The van der Waals surface area contributed by atoms with Crippen LogP contribution in [-0.2, 0) is 4.79 Å². The van der Waals surface area contributed by atoms with Crippen molar-refractivity contribution in [1.82, 2.24) is 5.01 Å². The molecule has 0 fully saturated rings. The molecule has 136 valence electrons.